The van der Waals surface area contributed by atoms with E-state index in [0.29, 0.717) is 11.5 Å². The van der Waals surface area contributed by atoms with Crippen molar-refractivity contribution in [3.05, 3.63) is 53.9 Å². The van der Waals surface area contributed by atoms with Crippen LogP contribution in [0.5, 0.6) is 5.75 Å². The molecule has 0 bridgehead atoms. The Morgan fingerprint density at radius 1 is 1.50 bits per heavy atom. The number of allylic oxidation sites excluding steroid dienone is 1. The van der Waals surface area contributed by atoms with E-state index in [9.17, 15) is 9.50 Å². The summed E-state index contributed by atoms with van der Waals surface area (Å²) in [7, 11) is 0. The first-order valence-electron chi connectivity index (χ1n) is 6.79. The fraction of sp³-hybridized carbons (Fsp3) is 0.312. The molecule has 0 spiro atoms. The summed E-state index contributed by atoms with van der Waals surface area (Å²) in [6.45, 7) is 6.04. The number of rotatable bonds is 4. The molecule has 1 aliphatic carbocycles. The molecule has 2 aromatic rings. The van der Waals surface area contributed by atoms with Crippen LogP contribution in [0.25, 0.3) is 5.57 Å². The molecule has 20 heavy (non-hydrogen) atoms. The smallest absolute Gasteiger partial charge is 0.165 e. The van der Waals surface area contributed by atoms with Gasteiger partial charge in [0.1, 0.15) is 5.82 Å². The lowest BCUT2D eigenvalue weighted by molar-refractivity contribution is 0.429. The highest BCUT2D eigenvalue weighted by atomic mass is 19.1. The minimum atomic E-state index is -0.600. The van der Waals surface area contributed by atoms with E-state index in [4.69, 9.17) is 0 Å². The van der Waals surface area contributed by atoms with E-state index in [-0.39, 0.29) is 11.7 Å². The van der Waals surface area contributed by atoms with Crippen molar-refractivity contribution in [3.8, 4) is 5.75 Å². The first-order chi connectivity index (χ1) is 9.59. The molecule has 1 unspecified atom stereocenters. The van der Waals surface area contributed by atoms with E-state index in [2.05, 4.69) is 16.5 Å². The summed E-state index contributed by atoms with van der Waals surface area (Å²) in [5.41, 5.74) is 2.24. The molecule has 4 heteroatoms. The third-order valence-corrected chi connectivity index (χ3v) is 3.95. The Morgan fingerprint density at radius 3 is 2.85 bits per heavy atom. The molecule has 1 fully saturated rings. The van der Waals surface area contributed by atoms with Gasteiger partial charge in [-0.3, -0.25) is 0 Å². The lowest BCUT2D eigenvalue weighted by atomic mass is 9.89. The SMILES string of the molecule is C=C(c1c(C(C)c2ncc[nH]2)ccc(F)c1O)C1CC1. The fourth-order valence-electron chi connectivity index (χ4n) is 2.58. The predicted molar refractivity (Wildman–Crippen MR) is 75.9 cm³/mol. The van der Waals surface area contributed by atoms with E-state index in [1.165, 1.54) is 6.07 Å². The van der Waals surface area contributed by atoms with Crippen molar-refractivity contribution in [1.82, 2.24) is 9.97 Å². The normalized spacial score (nSPS) is 16.1. The Balaban J connectivity index is 2.10. The van der Waals surface area contributed by atoms with Crippen LogP contribution in [0.15, 0.2) is 31.1 Å². The summed E-state index contributed by atoms with van der Waals surface area (Å²) < 4.78 is 13.7. The average Bonchev–Trinajstić information content (AvgIpc) is 3.15. The van der Waals surface area contributed by atoms with Crippen LogP contribution < -0.4 is 0 Å². The number of phenols is 1. The molecule has 1 atom stereocenters. The number of nitrogens with zero attached hydrogens (tertiary/aromatic N) is 1. The van der Waals surface area contributed by atoms with E-state index >= 15 is 0 Å². The highest BCUT2D eigenvalue weighted by molar-refractivity contribution is 5.75. The molecule has 1 heterocycles. The summed E-state index contributed by atoms with van der Waals surface area (Å²) in [5.74, 6) is 0.211. The summed E-state index contributed by atoms with van der Waals surface area (Å²) in [4.78, 5) is 7.31. The number of nitrogens with one attached hydrogen (secondary N) is 1. The third kappa shape index (κ3) is 2.11. The first kappa shape index (κ1) is 12.9. The zero-order valence-corrected chi connectivity index (χ0v) is 11.4. The van der Waals surface area contributed by atoms with Crippen molar-refractivity contribution in [2.45, 2.75) is 25.7 Å². The minimum Gasteiger partial charge on any atom is -0.504 e. The van der Waals surface area contributed by atoms with Crippen LogP contribution in [0, 0.1) is 11.7 Å². The number of aromatic amines is 1. The maximum atomic E-state index is 13.7. The standard InChI is InChI=1S/C16H17FN2O/c1-9(11-3-4-11)14-12(5-6-13(17)15(14)20)10(2)16-18-7-8-19-16/h5-8,10-11,20H,1,3-4H2,2H3,(H,18,19). The molecule has 1 saturated carbocycles. The van der Waals surface area contributed by atoms with Crippen LogP contribution in [-0.2, 0) is 0 Å². The summed E-state index contributed by atoms with van der Waals surface area (Å²) in [6, 6.07) is 3.01. The van der Waals surface area contributed by atoms with Crippen molar-refractivity contribution >= 4 is 5.57 Å². The van der Waals surface area contributed by atoms with E-state index < -0.39 is 5.82 Å². The van der Waals surface area contributed by atoms with Crippen LogP contribution in [0.2, 0.25) is 0 Å². The zero-order chi connectivity index (χ0) is 14.3. The topological polar surface area (TPSA) is 48.9 Å². The van der Waals surface area contributed by atoms with Gasteiger partial charge >= 0.3 is 0 Å². The van der Waals surface area contributed by atoms with Gasteiger partial charge in [-0.05, 0) is 36.0 Å². The van der Waals surface area contributed by atoms with Crippen molar-refractivity contribution in [2.24, 2.45) is 5.92 Å². The van der Waals surface area contributed by atoms with Gasteiger partial charge in [-0.2, -0.15) is 0 Å². The molecular weight excluding hydrogens is 255 g/mol. The van der Waals surface area contributed by atoms with E-state index in [0.717, 1.165) is 29.8 Å². The van der Waals surface area contributed by atoms with Gasteiger partial charge in [-0.15, -0.1) is 0 Å². The second-order valence-corrected chi connectivity index (χ2v) is 5.36. The van der Waals surface area contributed by atoms with Crippen LogP contribution in [0.4, 0.5) is 4.39 Å². The van der Waals surface area contributed by atoms with Crippen molar-refractivity contribution in [3.63, 3.8) is 0 Å². The Morgan fingerprint density at radius 2 is 2.25 bits per heavy atom. The summed E-state index contributed by atoms with van der Waals surface area (Å²) in [6.07, 6.45) is 5.56. The fourth-order valence-corrected chi connectivity index (χ4v) is 2.58. The molecule has 3 rings (SSSR count). The van der Waals surface area contributed by atoms with Gasteiger partial charge in [-0.1, -0.05) is 19.6 Å². The Hall–Kier alpha value is -2.10. The molecule has 1 aromatic carbocycles. The molecule has 0 aliphatic heterocycles. The summed E-state index contributed by atoms with van der Waals surface area (Å²) in [5, 5.41) is 10.1. The average molecular weight is 272 g/mol. The lowest BCUT2D eigenvalue weighted by Gasteiger charge is -2.18. The monoisotopic (exact) mass is 272 g/mol. The highest BCUT2D eigenvalue weighted by Gasteiger charge is 2.30. The van der Waals surface area contributed by atoms with Gasteiger partial charge in [0.15, 0.2) is 11.6 Å². The number of benzene rings is 1. The molecular formula is C16H17FN2O. The van der Waals surface area contributed by atoms with Gasteiger partial charge in [0.05, 0.1) is 0 Å². The number of hydrogen-bond acceptors (Lipinski definition) is 2. The minimum absolute atomic E-state index is 0.0537. The maximum Gasteiger partial charge on any atom is 0.165 e. The number of imidazole rings is 1. The molecule has 3 nitrogen and oxygen atoms in total. The highest BCUT2D eigenvalue weighted by Crippen LogP contribution is 2.46. The third-order valence-electron chi connectivity index (χ3n) is 3.95. The number of H-pyrrole nitrogens is 1. The van der Waals surface area contributed by atoms with Gasteiger partial charge in [0.25, 0.3) is 0 Å². The van der Waals surface area contributed by atoms with E-state index in [1.807, 2.05) is 6.92 Å². The number of aromatic nitrogens is 2. The molecule has 0 amide bonds. The van der Waals surface area contributed by atoms with Gasteiger partial charge < -0.3 is 10.1 Å². The van der Waals surface area contributed by atoms with Crippen molar-refractivity contribution in [2.75, 3.05) is 0 Å². The number of halogens is 1. The molecule has 1 aliphatic rings. The van der Waals surface area contributed by atoms with Gasteiger partial charge in [0, 0.05) is 23.9 Å². The molecule has 1 aromatic heterocycles. The lowest BCUT2D eigenvalue weighted by Crippen LogP contribution is -2.04. The zero-order valence-electron chi connectivity index (χ0n) is 11.4. The second-order valence-electron chi connectivity index (χ2n) is 5.36. The molecule has 0 saturated heterocycles. The van der Waals surface area contributed by atoms with Crippen LogP contribution in [0.1, 0.15) is 42.6 Å². The summed E-state index contributed by atoms with van der Waals surface area (Å²) >= 11 is 0. The van der Waals surface area contributed by atoms with Crippen molar-refractivity contribution in [1.29, 1.82) is 0 Å². The van der Waals surface area contributed by atoms with Crippen LogP contribution in [-0.4, -0.2) is 15.1 Å². The predicted octanol–water partition coefficient (Wildman–Crippen LogP) is 3.83. The van der Waals surface area contributed by atoms with Crippen LogP contribution >= 0.6 is 0 Å². The van der Waals surface area contributed by atoms with E-state index in [1.54, 1.807) is 18.5 Å². The molecule has 104 valence electrons. The quantitative estimate of drug-likeness (QED) is 0.888. The Labute approximate surface area is 117 Å². The largest absolute Gasteiger partial charge is 0.504 e. The van der Waals surface area contributed by atoms with Crippen molar-refractivity contribution < 1.29 is 9.50 Å². The van der Waals surface area contributed by atoms with Gasteiger partial charge in [-0.25, -0.2) is 9.37 Å². The maximum absolute atomic E-state index is 13.7. The second kappa shape index (κ2) is 4.78. The Kier molecular flexibility index (Phi) is 3.08. The number of aromatic hydroxyl groups is 1. The van der Waals surface area contributed by atoms with Gasteiger partial charge in [0.2, 0.25) is 0 Å². The first-order valence-corrected chi connectivity index (χ1v) is 6.79. The van der Waals surface area contributed by atoms with Crippen LogP contribution in [0.3, 0.4) is 0 Å². The number of phenolic OH excluding ortho intramolecular Hbond substituents is 1. The number of hydrogen-bond donors (Lipinski definition) is 2. The Bertz CT molecular complexity index is 645. The molecule has 0 radical (unpaired) electrons. The molecule has 2 N–H and O–H groups in total.